The zero-order chi connectivity index (χ0) is 21.7. The van der Waals surface area contributed by atoms with E-state index in [4.69, 9.17) is 4.74 Å². The van der Waals surface area contributed by atoms with E-state index in [1.807, 2.05) is 34.0 Å². The summed E-state index contributed by atoms with van der Waals surface area (Å²) in [7, 11) is -3.93. The van der Waals surface area contributed by atoms with Gasteiger partial charge in [-0.25, -0.2) is 8.42 Å². The number of sulfonamides is 1. The second-order valence-corrected chi connectivity index (χ2v) is 10.2. The van der Waals surface area contributed by atoms with Crippen molar-refractivity contribution in [2.45, 2.75) is 43.0 Å². The van der Waals surface area contributed by atoms with Gasteiger partial charge in [0.05, 0.1) is 17.2 Å². The molecule has 0 aliphatic heterocycles. The third-order valence-corrected chi connectivity index (χ3v) is 6.42. The molecule has 0 aliphatic carbocycles. The lowest BCUT2D eigenvalue weighted by Crippen LogP contribution is -2.47. The number of nitrogens with zero attached hydrogens (tertiary/aromatic N) is 1. The molecule has 0 fully saturated rings. The van der Waals surface area contributed by atoms with Crippen molar-refractivity contribution in [1.29, 1.82) is 0 Å². The van der Waals surface area contributed by atoms with Crippen molar-refractivity contribution in [2.75, 3.05) is 23.7 Å². The van der Waals surface area contributed by atoms with Crippen molar-refractivity contribution in [3.05, 3.63) is 48.5 Å². The van der Waals surface area contributed by atoms with E-state index in [0.29, 0.717) is 18.0 Å². The highest BCUT2D eigenvalue weighted by Gasteiger charge is 2.28. The molecule has 0 saturated heterocycles. The Labute approximate surface area is 177 Å². The number of hydrogen-bond acceptors (Lipinski definition) is 5. The van der Waals surface area contributed by atoms with Gasteiger partial charge in [-0.1, -0.05) is 0 Å². The second-order valence-electron chi connectivity index (χ2n) is 7.41. The van der Waals surface area contributed by atoms with Crippen molar-refractivity contribution < 1.29 is 17.9 Å². The first-order valence-corrected chi connectivity index (χ1v) is 11.9. The van der Waals surface area contributed by atoms with Gasteiger partial charge in [0.15, 0.2) is 0 Å². The van der Waals surface area contributed by atoms with Crippen molar-refractivity contribution in [3.8, 4) is 5.75 Å². The van der Waals surface area contributed by atoms with Gasteiger partial charge in [0.25, 0.3) is 10.0 Å². The lowest BCUT2D eigenvalue weighted by atomic mass is 10.1. The molecule has 0 atom stereocenters. The third-order valence-electron chi connectivity index (χ3n) is 3.88. The van der Waals surface area contributed by atoms with Crippen LogP contribution in [0.25, 0.3) is 0 Å². The maximum Gasteiger partial charge on any atom is 0.264 e. The predicted molar refractivity (Wildman–Crippen MR) is 118 cm³/mol. The maximum atomic E-state index is 13.4. The van der Waals surface area contributed by atoms with Crippen LogP contribution in [0.3, 0.4) is 0 Å². The number of anilines is 1. The third kappa shape index (κ3) is 6.40. The Morgan fingerprint density at radius 1 is 1.07 bits per heavy atom. The molecule has 0 radical (unpaired) electrons. The van der Waals surface area contributed by atoms with Gasteiger partial charge in [0.2, 0.25) is 5.91 Å². The molecule has 0 aromatic heterocycles. The molecule has 2 aromatic carbocycles. The van der Waals surface area contributed by atoms with Gasteiger partial charge < -0.3 is 10.1 Å². The topological polar surface area (TPSA) is 75.7 Å². The van der Waals surface area contributed by atoms with Gasteiger partial charge in [0.1, 0.15) is 12.3 Å². The van der Waals surface area contributed by atoms with Crippen LogP contribution in [0.4, 0.5) is 5.69 Å². The first kappa shape index (κ1) is 23.1. The van der Waals surface area contributed by atoms with E-state index in [1.165, 1.54) is 11.8 Å². The lowest BCUT2D eigenvalue weighted by Gasteiger charge is -2.27. The van der Waals surface area contributed by atoms with E-state index in [9.17, 15) is 13.2 Å². The summed E-state index contributed by atoms with van der Waals surface area (Å²) < 4.78 is 33.3. The zero-order valence-corrected chi connectivity index (χ0v) is 19.1. The van der Waals surface area contributed by atoms with Crippen LogP contribution in [0.2, 0.25) is 0 Å². The first-order chi connectivity index (χ1) is 13.6. The smallest absolute Gasteiger partial charge is 0.264 e. The molecular formula is C21H28N2O4S2. The molecule has 1 amide bonds. The molecule has 158 valence electrons. The molecule has 0 unspecified atom stereocenters. The van der Waals surface area contributed by atoms with Gasteiger partial charge in [-0.05, 0) is 82.5 Å². The van der Waals surface area contributed by atoms with E-state index in [2.05, 4.69) is 5.32 Å². The van der Waals surface area contributed by atoms with Crippen LogP contribution < -0.4 is 14.4 Å². The van der Waals surface area contributed by atoms with Gasteiger partial charge in [-0.3, -0.25) is 9.10 Å². The zero-order valence-electron chi connectivity index (χ0n) is 17.4. The van der Waals surface area contributed by atoms with E-state index in [0.717, 1.165) is 9.20 Å². The average molecular weight is 437 g/mol. The minimum Gasteiger partial charge on any atom is -0.494 e. The number of carbonyl (C=O) groups excluding carboxylic acids is 1. The van der Waals surface area contributed by atoms with Gasteiger partial charge in [-0.15, -0.1) is 11.8 Å². The van der Waals surface area contributed by atoms with E-state index in [-0.39, 0.29) is 17.3 Å². The van der Waals surface area contributed by atoms with Gasteiger partial charge in [0, 0.05) is 10.4 Å². The van der Waals surface area contributed by atoms with Gasteiger partial charge >= 0.3 is 0 Å². The summed E-state index contributed by atoms with van der Waals surface area (Å²) in [5, 5.41) is 2.82. The van der Waals surface area contributed by atoms with Crippen molar-refractivity contribution in [1.82, 2.24) is 5.32 Å². The fraction of sp³-hybridized carbons (Fsp3) is 0.381. The molecule has 0 bridgehead atoms. The Bertz CT molecular complexity index is 919. The fourth-order valence-corrected chi connectivity index (χ4v) is 4.48. The molecular weight excluding hydrogens is 408 g/mol. The number of amides is 1. The molecule has 0 spiro atoms. The van der Waals surface area contributed by atoms with Crippen molar-refractivity contribution >= 4 is 33.4 Å². The second kappa shape index (κ2) is 9.54. The van der Waals surface area contributed by atoms with Crippen molar-refractivity contribution in [3.63, 3.8) is 0 Å². The average Bonchev–Trinajstić information content (AvgIpc) is 2.66. The molecule has 0 aliphatic rings. The minimum absolute atomic E-state index is 0.132. The summed E-state index contributed by atoms with van der Waals surface area (Å²) >= 11 is 1.53. The first-order valence-electron chi connectivity index (χ1n) is 9.27. The summed E-state index contributed by atoms with van der Waals surface area (Å²) in [6, 6.07) is 13.3. The highest BCUT2D eigenvalue weighted by Crippen LogP contribution is 2.27. The van der Waals surface area contributed by atoms with E-state index >= 15 is 0 Å². The Hall–Kier alpha value is -2.19. The van der Waals surface area contributed by atoms with E-state index < -0.39 is 15.6 Å². The van der Waals surface area contributed by atoms with Crippen molar-refractivity contribution in [2.24, 2.45) is 0 Å². The molecule has 0 heterocycles. The van der Waals surface area contributed by atoms with Crippen LogP contribution in [0.5, 0.6) is 5.75 Å². The van der Waals surface area contributed by atoms with E-state index in [1.54, 1.807) is 48.5 Å². The summed E-state index contributed by atoms with van der Waals surface area (Å²) in [6.45, 7) is 7.61. The maximum absolute atomic E-state index is 13.4. The Morgan fingerprint density at radius 2 is 1.66 bits per heavy atom. The number of ether oxygens (including phenoxy) is 1. The summed E-state index contributed by atoms with van der Waals surface area (Å²) in [5.41, 5.74) is -0.0721. The Morgan fingerprint density at radius 3 is 2.14 bits per heavy atom. The van der Waals surface area contributed by atoms with Crippen LogP contribution in [-0.2, 0) is 14.8 Å². The SMILES string of the molecule is CCOc1ccc(N(CC(=O)NC(C)(C)C)S(=O)(=O)c2ccc(SC)cc2)cc1. The number of thioether (sulfide) groups is 1. The largest absolute Gasteiger partial charge is 0.494 e. The number of rotatable bonds is 8. The lowest BCUT2D eigenvalue weighted by molar-refractivity contribution is -0.121. The highest BCUT2D eigenvalue weighted by atomic mass is 32.2. The molecule has 0 saturated carbocycles. The summed E-state index contributed by atoms with van der Waals surface area (Å²) in [4.78, 5) is 13.6. The molecule has 29 heavy (non-hydrogen) atoms. The standard InChI is InChI=1S/C21H28N2O4S2/c1-6-27-17-9-7-16(8-10-17)23(15-20(24)22-21(2,3)4)29(25,26)19-13-11-18(28-5)12-14-19/h7-14H,6,15H2,1-5H3,(H,22,24). The molecule has 2 rings (SSSR count). The normalized spacial score (nSPS) is 11.8. The molecule has 8 heteroatoms. The summed E-state index contributed by atoms with van der Waals surface area (Å²) in [5.74, 6) is 0.257. The highest BCUT2D eigenvalue weighted by molar-refractivity contribution is 7.98. The van der Waals surface area contributed by atoms with Crippen LogP contribution in [0.1, 0.15) is 27.7 Å². The Balaban J connectivity index is 2.42. The number of benzene rings is 2. The summed E-state index contributed by atoms with van der Waals surface area (Å²) in [6.07, 6.45) is 1.92. The Kier molecular flexibility index (Phi) is 7.60. The predicted octanol–water partition coefficient (Wildman–Crippen LogP) is 3.92. The molecule has 2 aromatic rings. The molecule has 6 nitrogen and oxygen atoms in total. The van der Waals surface area contributed by atoms with Crippen LogP contribution in [-0.4, -0.2) is 39.3 Å². The molecule has 1 N–H and O–H groups in total. The fourth-order valence-electron chi connectivity index (χ4n) is 2.65. The number of hydrogen-bond donors (Lipinski definition) is 1. The number of nitrogens with one attached hydrogen (secondary N) is 1. The van der Waals surface area contributed by atoms with Crippen LogP contribution in [0.15, 0.2) is 58.3 Å². The number of carbonyl (C=O) groups is 1. The monoisotopic (exact) mass is 436 g/mol. The van der Waals surface area contributed by atoms with Gasteiger partial charge in [-0.2, -0.15) is 0 Å². The van der Waals surface area contributed by atoms with Crippen LogP contribution >= 0.6 is 11.8 Å². The van der Waals surface area contributed by atoms with Crippen LogP contribution in [0, 0.1) is 0 Å². The quantitative estimate of drug-likeness (QED) is 0.635. The minimum atomic E-state index is -3.93.